The van der Waals surface area contributed by atoms with Gasteiger partial charge in [0, 0.05) is 39.3 Å². The van der Waals surface area contributed by atoms with Gasteiger partial charge in [0.15, 0.2) is 0 Å². The number of hydrogen-bond donors (Lipinski definition) is 1. The second-order valence-electron chi connectivity index (χ2n) is 5.09. The van der Waals surface area contributed by atoms with Crippen molar-refractivity contribution in [1.82, 2.24) is 14.8 Å². The lowest BCUT2D eigenvalue weighted by molar-refractivity contribution is 0.0827. The molecule has 0 amide bonds. The quantitative estimate of drug-likeness (QED) is 0.918. The SMILES string of the molecule is CCN1CCN(Cc2nc(NC)ccc2Cl)CC1C. The standard InChI is InChI=1S/C14H23ClN4/c1-4-19-8-7-18(9-11(19)2)10-13-12(15)5-6-14(16-3)17-13/h5-6,11H,4,7-10H2,1-3H3,(H,16,17). The van der Waals surface area contributed by atoms with Crippen molar-refractivity contribution < 1.29 is 0 Å². The minimum Gasteiger partial charge on any atom is -0.373 e. The van der Waals surface area contributed by atoms with Crippen LogP contribution in [-0.4, -0.2) is 54.1 Å². The highest BCUT2D eigenvalue weighted by Crippen LogP contribution is 2.20. The van der Waals surface area contributed by atoms with Crippen molar-refractivity contribution in [3.05, 3.63) is 22.8 Å². The van der Waals surface area contributed by atoms with E-state index in [1.807, 2.05) is 19.2 Å². The lowest BCUT2D eigenvalue weighted by Gasteiger charge is -2.39. The predicted molar refractivity (Wildman–Crippen MR) is 80.8 cm³/mol. The van der Waals surface area contributed by atoms with E-state index in [9.17, 15) is 0 Å². The Hall–Kier alpha value is -0.840. The molecule has 106 valence electrons. The molecule has 1 N–H and O–H groups in total. The number of rotatable bonds is 4. The van der Waals surface area contributed by atoms with Gasteiger partial charge >= 0.3 is 0 Å². The Bertz CT molecular complexity index is 424. The normalized spacial score (nSPS) is 21.6. The minimum absolute atomic E-state index is 0.602. The first-order valence-corrected chi connectivity index (χ1v) is 7.31. The molecular weight excluding hydrogens is 260 g/mol. The summed E-state index contributed by atoms with van der Waals surface area (Å²) in [6.07, 6.45) is 0. The number of anilines is 1. The zero-order chi connectivity index (χ0) is 13.8. The maximum Gasteiger partial charge on any atom is 0.126 e. The maximum absolute atomic E-state index is 6.24. The summed E-state index contributed by atoms with van der Waals surface area (Å²) < 4.78 is 0. The Morgan fingerprint density at radius 3 is 2.84 bits per heavy atom. The molecule has 1 aromatic rings. The van der Waals surface area contributed by atoms with E-state index in [1.54, 1.807) is 0 Å². The number of nitrogens with zero attached hydrogens (tertiary/aromatic N) is 3. The van der Waals surface area contributed by atoms with Crippen molar-refractivity contribution in [3.8, 4) is 0 Å². The first kappa shape index (κ1) is 14.6. The Morgan fingerprint density at radius 1 is 1.42 bits per heavy atom. The van der Waals surface area contributed by atoms with Crippen molar-refractivity contribution in [2.75, 3.05) is 38.5 Å². The summed E-state index contributed by atoms with van der Waals surface area (Å²) >= 11 is 6.24. The summed E-state index contributed by atoms with van der Waals surface area (Å²) in [5, 5.41) is 3.81. The summed E-state index contributed by atoms with van der Waals surface area (Å²) in [6, 6.07) is 4.43. The van der Waals surface area contributed by atoms with Crippen LogP contribution < -0.4 is 5.32 Å². The van der Waals surface area contributed by atoms with Gasteiger partial charge in [-0.2, -0.15) is 0 Å². The molecule has 1 aliphatic heterocycles. The molecule has 0 saturated carbocycles. The van der Waals surface area contributed by atoms with Gasteiger partial charge in [-0.25, -0.2) is 4.98 Å². The van der Waals surface area contributed by atoms with Gasteiger partial charge in [0.25, 0.3) is 0 Å². The van der Waals surface area contributed by atoms with Crippen LogP contribution in [0, 0.1) is 0 Å². The van der Waals surface area contributed by atoms with Gasteiger partial charge < -0.3 is 5.32 Å². The van der Waals surface area contributed by atoms with Crippen LogP contribution in [0.15, 0.2) is 12.1 Å². The number of likely N-dealkylation sites (N-methyl/N-ethyl adjacent to an activating group) is 1. The van der Waals surface area contributed by atoms with Crippen molar-refractivity contribution in [2.45, 2.75) is 26.4 Å². The molecule has 1 unspecified atom stereocenters. The van der Waals surface area contributed by atoms with Gasteiger partial charge in [0.2, 0.25) is 0 Å². The average Bonchev–Trinajstić information content (AvgIpc) is 2.41. The monoisotopic (exact) mass is 282 g/mol. The molecule has 0 aromatic carbocycles. The number of piperazine rings is 1. The Balaban J connectivity index is 2.02. The zero-order valence-electron chi connectivity index (χ0n) is 12.0. The molecule has 1 saturated heterocycles. The minimum atomic E-state index is 0.602. The largest absolute Gasteiger partial charge is 0.373 e. The van der Waals surface area contributed by atoms with Gasteiger partial charge in [-0.05, 0) is 25.6 Å². The van der Waals surface area contributed by atoms with E-state index in [0.29, 0.717) is 6.04 Å². The van der Waals surface area contributed by atoms with Crippen LogP contribution >= 0.6 is 11.6 Å². The third-order valence-electron chi connectivity index (χ3n) is 3.80. The first-order chi connectivity index (χ1) is 9.13. The molecule has 2 heterocycles. The molecule has 1 atom stereocenters. The topological polar surface area (TPSA) is 31.4 Å². The molecule has 5 heteroatoms. The van der Waals surface area contributed by atoms with Gasteiger partial charge in [-0.1, -0.05) is 18.5 Å². The number of nitrogens with one attached hydrogen (secondary N) is 1. The highest BCUT2D eigenvalue weighted by atomic mass is 35.5. The maximum atomic E-state index is 6.24. The van der Waals surface area contributed by atoms with Gasteiger partial charge in [-0.3, -0.25) is 9.80 Å². The first-order valence-electron chi connectivity index (χ1n) is 6.93. The van der Waals surface area contributed by atoms with Crippen molar-refractivity contribution in [2.24, 2.45) is 0 Å². The number of pyridine rings is 1. The van der Waals surface area contributed by atoms with Crippen molar-refractivity contribution in [3.63, 3.8) is 0 Å². The number of aromatic nitrogens is 1. The molecule has 0 radical (unpaired) electrons. The second-order valence-corrected chi connectivity index (χ2v) is 5.49. The molecule has 19 heavy (non-hydrogen) atoms. The molecule has 4 nitrogen and oxygen atoms in total. The lowest BCUT2D eigenvalue weighted by Crippen LogP contribution is -2.51. The molecule has 0 aliphatic carbocycles. The van der Waals surface area contributed by atoms with Crippen molar-refractivity contribution in [1.29, 1.82) is 0 Å². The molecule has 0 spiro atoms. The summed E-state index contributed by atoms with van der Waals surface area (Å²) in [5.74, 6) is 0.875. The third kappa shape index (κ3) is 3.59. The van der Waals surface area contributed by atoms with Crippen LogP contribution in [0.3, 0.4) is 0 Å². The summed E-state index contributed by atoms with van der Waals surface area (Å²) in [4.78, 5) is 9.50. The van der Waals surface area contributed by atoms with Gasteiger partial charge in [0.05, 0.1) is 10.7 Å². The summed E-state index contributed by atoms with van der Waals surface area (Å²) in [7, 11) is 1.88. The fourth-order valence-corrected chi connectivity index (χ4v) is 2.80. The highest BCUT2D eigenvalue weighted by Gasteiger charge is 2.23. The fraction of sp³-hybridized carbons (Fsp3) is 0.643. The molecule has 2 rings (SSSR count). The predicted octanol–water partition coefficient (Wildman–Crippen LogP) is 2.30. The van der Waals surface area contributed by atoms with E-state index in [4.69, 9.17) is 11.6 Å². The molecule has 1 aliphatic rings. The summed E-state index contributed by atoms with van der Waals surface area (Å²) in [6.45, 7) is 9.76. The van der Waals surface area contributed by atoms with E-state index in [0.717, 1.165) is 49.3 Å². The van der Waals surface area contributed by atoms with Crippen LogP contribution in [-0.2, 0) is 6.54 Å². The molecule has 1 aromatic heterocycles. The Labute approximate surface area is 120 Å². The van der Waals surface area contributed by atoms with Gasteiger partial charge in [0.1, 0.15) is 5.82 Å². The Morgan fingerprint density at radius 2 is 2.21 bits per heavy atom. The van der Waals surface area contributed by atoms with E-state index in [2.05, 4.69) is 33.9 Å². The van der Waals surface area contributed by atoms with Crippen molar-refractivity contribution >= 4 is 17.4 Å². The van der Waals surface area contributed by atoms with Crippen LogP contribution in [0.1, 0.15) is 19.5 Å². The second kappa shape index (κ2) is 6.55. The third-order valence-corrected chi connectivity index (χ3v) is 4.15. The van der Waals surface area contributed by atoms with Crippen LogP contribution in [0.25, 0.3) is 0 Å². The van der Waals surface area contributed by atoms with E-state index >= 15 is 0 Å². The summed E-state index contributed by atoms with van der Waals surface area (Å²) in [5.41, 5.74) is 0.964. The van der Waals surface area contributed by atoms with E-state index in [1.165, 1.54) is 0 Å². The smallest absolute Gasteiger partial charge is 0.126 e. The number of hydrogen-bond acceptors (Lipinski definition) is 4. The van der Waals surface area contributed by atoms with E-state index in [-0.39, 0.29) is 0 Å². The lowest BCUT2D eigenvalue weighted by atomic mass is 10.2. The highest BCUT2D eigenvalue weighted by molar-refractivity contribution is 6.31. The van der Waals surface area contributed by atoms with Gasteiger partial charge in [-0.15, -0.1) is 0 Å². The molecule has 1 fully saturated rings. The van der Waals surface area contributed by atoms with Crippen LogP contribution in [0.5, 0.6) is 0 Å². The number of halogens is 1. The molecule has 0 bridgehead atoms. The zero-order valence-corrected chi connectivity index (χ0v) is 12.7. The average molecular weight is 283 g/mol. The Kier molecular flexibility index (Phi) is 5.02. The van der Waals surface area contributed by atoms with E-state index < -0.39 is 0 Å². The fourth-order valence-electron chi connectivity index (χ4n) is 2.63. The molecular formula is C14H23ClN4. The van der Waals surface area contributed by atoms with Crippen LogP contribution in [0.4, 0.5) is 5.82 Å². The van der Waals surface area contributed by atoms with Crippen LogP contribution in [0.2, 0.25) is 5.02 Å².